The molecule has 0 aliphatic carbocycles. The third kappa shape index (κ3) is 2.91. The number of methoxy groups -OCH3 is 1. The Morgan fingerprint density at radius 2 is 2.30 bits per heavy atom. The number of hydrogen-bond donors (Lipinski definition) is 2. The van der Waals surface area contributed by atoms with Gasteiger partial charge in [-0.05, 0) is 25.1 Å². The third-order valence-corrected chi connectivity index (χ3v) is 3.41. The summed E-state index contributed by atoms with van der Waals surface area (Å²) in [5.41, 5.74) is -0.0854. The minimum atomic E-state index is -0.709. The lowest BCUT2D eigenvalue weighted by molar-refractivity contribution is -0.144. The molecular weight excluding hydrogens is 263 g/mol. The molecule has 1 unspecified atom stereocenters. The van der Waals surface area contributed by atoms with E-state index < -0.39 is 5.54 Å². The lowest BCUT2D eigenvalue weighted by atomic mass is 9.86. The van der Waals surface area contributed by atoms with Gasteiger partial charge in [0.2, 0.25) is 0 Å². The van der Waals surface area contributed by atoms with Gasteiger partial charge >= 0.3 is 5.97 Å². The zero-order valence-corrected chi connectivity index (χ0v) is 11.7. The maximum absolute atomic E-state index is 13.6. The molecule has 0 amide bonds. The number of carbonyl (C=O) groups is 1. The number of ether oxygens (including phenoxy) is 2. The van der Waals surface area contributed by atoms with Gasteiger partial charge in [-0.25, -0.2) is 4.39 Å². The average Bonchev–Trinajstić information content (AvgIpc) is 2.88. The van der Waals surface area contributed by atoms with Crippen molar-refractivity contribution in [3.8, 4) is 5.75 Å². The van der Waals surface area contributed by atoms with E-state index >= 15 is 0 Å². The Morgan fingerprint density at radius 3 is 2.90 bits per heavy atom. The van der Waals surface area contributed by atoms with Crippen LogP contribution in [0.4, 0.5) is 4.39 Å². The van der Waals surface area contributed by atoms with Gasteiger partial charge < -0.3 is 14.8 Å². The summed E-state index contributed by atoms with van der Waals surface area (Å²) < 4.78 is 23.9. The molecule has 0 radical (unpaired) electrons. The maximum atomic E-state index is 13.6. The molecule has 1 fully saturated rings. The molecule has 2 N–H and O–H groups in total. The summed E-state index contributed by atoms with van der Waals surface area (Å²) in [5.74, 6) is -0.139. The monoisotopic (exact) mass is 282 g/mol. The van der Waals surface area contributed by atoms with Crippen LogP contribution in [0.5, 0.6) is 5.75 Å². The molecular formula is C14H19FN2O3. The summed E-state index contributed by atoms with van der Waals surface area (Å²) >= 11 is 0. The summed E-state index contributed by atoms with van der Waals surface area (Å²) in [6.45, 7) is 3.13. The smallest absolute Gasteiger partial charge is 0.308 e. The lowest BCUT2D eigenvalue weighted by Gasteiger charge is -2.29. The normalized spacial score (nSPS) is 21.8. The molecule has 20 heavy (non-hydrogen) atoms. The van der Waals surface area contributed by atoms with E-state index in [-0.39, 0.29) is 18.2 Å². The van der Waals surface area contributed by atoms with E-state index in [0.717, 1.165) is 0 Å². The van der Waals surface area contributed by atoms with E-state index in [2.05, 4.69) is 10.6 Å². The predicted molar refractivity (Wildman–Crippen MR) is 71.9 cm³/mol. The molecule has 1 aromatic rings. The molecule has 1 aliphatic heterocycles. The van der Waals surface area contributed by atoms with Crippen molar-refractivity contribution in [3.63, 3.8) is 0 Å². The summed E-state index contributed by atoms with van der Waals surface area (Å²) in [5, 5.41) is 6.35. The Labute approximate surface area is 117 Å². The highest BCUT2D eigenvalue weighted by molar-refractivity contribution is 5.72. The summed E-state index contributed by atoms with van der Waals surface area (Å²) in [6, 6.07) is 4.30. The van der Waals surface area contributed by atoms with Crippen LogP contribution >= 0.6 is 0 Å². The van der Waals surface area contributed by atoms with Crippen LogP contribution in [0.15, 0.2) is 18.2 Å². The number of esters is 1. The van der Waals surface area contributed by atoms with E-state index in [4.69, 9.17) is 9.47 Å². The maximum Gasteiger partial charge on any atom is 0.308 e. The largest absolute Gasteiger partial charge is 0.496 e. The number of hydrogen-bond acceptors (Lipinski definition) is 5. The Morgan fingerprint density at radius 1 is 1.50 bits per heavy atom. The van der Waals surface area contributed by atoms with Gasteiger partial charge in [0.05, 0.1) is 25.7 Å². The molecule has 0 spiro atoms. The van der Waals surface area contributed by atoms with Crippen LogP contribution < -0.4 is 15.4 Å². The third-order valence-electron chi connectivity index (χ3n) is 3.41. The molecule has 1 atom stereocenters. The number of nitrogens with one attached hydrogen (secondary N) is 2. The molecule has 0 saturated carbocycles. The van der Waals surface area contributed by atoms with Crippen LogP contribution in [0.1, 0.15) is 18.9 Å². The lowest BCUT2D eigenvalue weighted by Crippen LogP contribution is -2.42. The molecule has 0 bridgehead atoms. The van der Waals surface area contributed by atoms with Crippen molar-refractivity contribution in [3.05, 3.63) is 29.6 Å². The van der Waals surface area contributed by atoms with Gasteiger partial charge in [-0.3, -0.25) is 10.1 Å². The second-order valence-corrected chi connectivity index (χ2v) is 4.69. The fourth-order valence-corrected chi connectivity index (χ4v) is 2.49. The number of rotatable bonds is 5. The van der Waals surface area contributed by atoms with E-state index in [9.17, 15) is 9.18 Å². The highest BCUT2D eigenvalue weighted by atomic mass is 19.1. The van der Waals surface area contributed by atoms with E-state index in [0.29, 0.717) is 31.1 Å². The molecule has 0 aromatic heterocycles. The van der Waals surface area contributed by atoms with Crippen molar-refractivity contribution in [2.75, 3.05) is 26.9 Å². The molecule has 5 nitrogen and oxygen atoms in total. The van der Waals surface area contributed by atoms with E-state index in [1.807, 2.05) is 0 Å². The summed E-state index contributed by atoms with van der Waals surface area (Å²) in [7, 11) is 1.52. The zero-order chi connectivity index (χ0) is 14.6. The van der Waals surface area contributed by atoms with Crippen LogP contribution in [0, 0.1) is 5.82 Å². The van der Waals surface area contributed by atoms with Gasteiger partial charge in [0, 0.05) is 18.8 Å². The molecule has 6 heteroatoms. The molecule has 110 valence electrons. The molecule has 2 rings (SSSR count). The second-order valence-electron chi connectivity index (χ2n) is 4.69. The SMILES string of the molecule is CCOC(=O)CC1(c2cc(F)ccc2OC)CNCN1. The fourth-order valence-electron chi connectivity index (χ4n) is 2.49. The molecule has 1 saturated heterocycles. The van der Waals surface area contributed by atoms with Gasteiger partial charge in [0.25, 0.3) is 0 Å². The van der Waals surface area contributed by atoms with Crippen molar-refractivity contribution >= 4 is 5.97 Å². The zero-order valence-electron chi connectivity index (χ0n) is 11.7. The quantitative estimate of drug-likeness (QED) is 0.793. The van der Waals surface area contributed by atoms with Crippen LogP contribution in [0.2, 0.25) is 0 Å². The first-order chi connectivity index (χ1) is 9.61. The fraction of sp³-hybridized carbons (Fsp3) is 0.500. The Balaban J connectivity index is 2.37. The van der Waals surface area contributed by atoms with Crippen LogP contribution in [0.3, 0.4) is 0 Å². The first-order valence-electron chi connectivity index (χ1n) is 6.56. The minimum absolute atomic E-state index is 0.119. The Hall–Kier alpha value is -1.66. The molecule has 1 aliphatic rings. The van der Waals surface area contributed by atoms with E-state index in [1.165, 1.54) is 19.2 Å². The Kier molecular flexibility index (Phi) is 4.57. The topological polar surface area (TPSA) is 59.6 Å². The van der Waals surface area contributed by atoms with Crippen molar-refractivity contribution < 1.29 is 18.7 Å². The second kappa shape index (κ2) is 6.19. The van der Waals surface area contributed by atoms with Crippen LogP contribution in [0.25, 0.3) is 0 Å². The van der Waals surface area contributed by atoms with Crippen LogP contribution in [-0.4, -0.2) is 32.9 Å². The number of benzene rings is 1. The van der Waals surface area contributed by atoms with Gasteiger partial charge in [-0.1, -0.05) is 0 Å². The highest BCUT2D eigenvalue weighted by Crippen LogP contribution is 2.34. The van der Waals surface area contributed by atoms with Crippen molar-refractivity contribution in [1.29, 1.82) is 0 Å². The van der Waals surface area contributed by atoms with Gasteiger partial charge in [0.15, 0.2) is 0 Å². The minimum Gasteiger partial charge on any atom is -0.496 e. The first kappa shape index (κ1) is 14.7. The predicted octanol–water partition coefficient (Wildman–Crippen LogP) is 1.13. The van der Waals surface area contributed by atoms with Gasteiger partial charge in [-0.2, -0.15) is 0 Å². The Bertz CT molecular complexity index is 487. The summed E-state index contributed by atoms with van der Waals surface area (Å²) in [4.78, 5) is 11.8. The van der Waals surface area contributed by atoms with Crippen molar-refractivity contribution in [2.45, 2.75) is 18.9 Å². The molecule has 1 aromatic carbocycles. The van der Waals surface area contributed by atoms with E-state index in [1.54, 1.807) is 13.0 Å². The van der Waals surface area contributed by atoms with Gasteiger partial charge in [0.1, 0.15) is 11.6 Å². The first-order valence-corrected chi connectivity index (χ1v) is 6.56. The standard InChI is InChI=1S/C14H19FN2O3/c1-3-20-13(18)7-14(8-16-9-17-14)11-6-10(15)4-5-12(11)19-2/h4-6,16-17H,3,7-9H2,1-2H3. The number of halogens is 1. The number of carbonyl (C=O) groups excluding carboxylic acids is 1. The van der Waals surface area contributed by atoms with Crippen molar-refractivity contribution in [2.24, 2.45) is 0 Å². The van der Waals surface area contributed by atoms with Crippen LogP contribution in [-0.2, 0) is 15.1 Å². The summed E-state index contributed by atoms with van der Waals surface area (Å²) in [6.07, 6.45) is 0.119. The highest BCUT2D eigenvalue weighted by Gasteiger charge is 2.40. The van der Waals surface area contributed by atoms with Crippen molar-refractivity contribution in [1.82, 2.24) is 10.6 Å². The van der Waals surface area contributed by atoms with Gasteiger partial charge in [-0.15, -0.1) is 0 Å². The average molecular weight is 282 g/mol. The molecule has 1 heterocycles.